The predicted molar refractivity (Wildman–Crippen MR) is 67.6 cm³/mol. The van der Waals surface area contributed by atoms with Gasteiger partial charge in [0.1, 0.15) is 5.82 Å². The Balaban J connectivity index is 1.99. The fourth-order valence-electron chi connectivity index (χ4n) is 2.26. The molecule has 4 nitrogen and oxygen atoms in total. The molecule has 1 atom stereocenters. The normalized spacial score (nSPS) is 21.2. The fourth-order valence-corrected chi connectivity index (χ4v) is 2.26. The van der Waals surface area contributed by atoms with Crippen molar-refractivity contribution in [2.45, 2.75) is 18.9 Å². The summed E-state index contributed by atoms with van der Waals surface area (Å²) in [6, 6.07) is 4.39. The summed E-state index contributed by atoms with van der Waals surface area (Å²) < 4.78 is 0. The first-order chi connectivity index (χ1) is 7.66. The third kappa shape index (κ3) is 2.44. The van der Waals surface area contributed by atoms with Crippen molar-refractivity contribution in [3.63, 3.8) is 0 Å². The SMILES string of the molecule is CN(CC1CCCN1C)c1cc(N)ccn1. The topological polar surface area (TPSA) is 45.4 Å². The van der Waals surface area contributed by atoms with Gasteiger partial charge in [0, 0.05) is 37.6 Å². The van der Waals surface area contributed by atoms with Gasteiger partial charge < -0.3 is 15.5 Å². The van der Waals surface area contributed by atoms with Gasteiger partial charge in [-0.2, -0.15) is 0 Å². The first kappa shape index (κ1) is 11.2. The van der Waals surface area contributed by atoms with Crippen molar-refractivity contribution in [1.29, 1.82) is 0 Å². The predicted octanol–water partition coefficient (Wildman–Crippen LogP) is 1.19. The van der Waals surface area contributed by atoms with Gasteiger partial charge in [-0.1, -0.05) is 0 Å². The van der Waals surface area contributed by atoms with Crippen molar-refractivity contribution >= 4 is 11.5 Å². The molecular weight excluding hydrogens is 200 g/mol. The van der Waals surface area contributed by atoms with Gasteiger partial charge in [-0.25, -0.2) is 4.98 Å². The number of likely N-dealkylation sites (N-methyl/N-ethyl adjacent to an activating group) is 2. The molecule has 4 heteroatoms. The Morgan fingerprint density at radius 2 is 2.44 bits per heavy atom. The Bertz CT molecular complexity index is 353. The van der Waals surface area contributed by atoms with Gasteiger partial charge in [-0.05, 0) is 32.5 Å². The molecule has 0 spiro atoms. The standard InChI is InChI=1S/C12H20N4/c1-15-7-3-4-11(15)9-16(2)12-8-10(13)5-6-14-12/h5-6,8,11H,3-4,7,9H2,1-2H3,(H2,13,14). The van der Waals surface area contributed by atoms with E-state index in [1.54, 1.807) is 6.20 Å². The molecule has 1 fully saturated rings. The van der Waals surface area contributed by atoms with Crippen LogP contribution in [0.2, 0.25) is 0 Å². The van der Waals surface area contributed by atoms with Crippen molar-refractivity contribution < 1.29 is 0 Å². The van der Waals surface area contributed by atoms with Crippen LogP contribution >= 0.6 is 0 Å². The quantitative estimate of drug-likeness (QED) is 0.831. The Morgan fingerprint density at radius 3 is 3.06 bits per heavy atom. The number of likely N-dealkylation sites (tertiary alicyclic amines) is 1. The van der Waals surface area contributed by atoms with Crippen molar-refractivity contribution in [3.8, 4) is 0 Å². The van der Waals surface area contributed by atoms with Gasteiger partial charge in [-0.15, -0.1) is 0 Å². The largest absolute Gasteiger partial charge is 0.399 e. The second kappa shape index (κ2) is 4.70. The lowest BCUT2D eigenvalue weighted by atomic mass is 10.2. The highest BCUT2D eigenvalue weighted by Gasteiger charge is 2.22. The van der Waals surface area contributed by atoms with Crippen molar-refractivity contribution in [3.05, 3.63) is 18.3 Å². The zero-order valence-corrected chi connectivity index (χ0v) is 10.1. The molecule has 0 radical (unpaired) electrons. The summed E-state index contributed by atoms with van der Waals surface area (Å²) in [5, 5.41) is 0. The summed E-state index contributed by atoms with van der Waals surface area (Å²) in [5.74, 6) is 0.959. The van der Waals surface area contributed by atoms with E-state index in [2.05, 4.69) is 28.9 Å². The van der Waals surface area contributed by atoms with Crippen LogP contribution in [0.4, 0.5) is 11.5 Å². The van der Waals surface area contributed by atoms with Gasteiger partial charge in [0.2, 0.25) is 0 Å². The molecule has 1 aromatic rings. The molecule has 2 heterocycles. The molecule has 1 aliphatic rings. The van der Waals surface area contributed by atoms with Gasteiger partial charge >= 0.3 is 0 Å². The molecule has 2 N–H and O–H groups in total. The molecule has 1 saturated heterocycles. The van der Waals surface area contributed by atoms with Crippen molar-refractivity contribution in [2.24, 2.45) is 0 Å². The number of anilines is 2. The highest BCUT2D eigenvalue weighted by atomic mass is 15.2. The second-order valence-electron chi connectivity index (χ2n) is 4.60. The van der Waals surface area contributed by atoms with Crippen LogP contribution in [0.5, 0.6) is 0 Å². The lowest BCUT2D eigenvalue weighted by molar-refractivity contribution is 0.314. The summed E-state index contributed by atoms with van der Waals surface area (Å²) in [7, 11) is 4.27. The van der Waals surface area contributed by atoms with Crippen molar-refractivity contribution in [2.75, 3.05) is 37.8 Å². The number of pyridine rings is 1. The summed E-state index contributed by atoms with van der Waals surface area (Å²) in [6.07, 6.45) is 4.35. The minimum atomic E-state index is 0.647. The molecule has 88 valence electrons. The van der Waals surface area contributed by atoms with E-state index in [0.717, 1.165) is 18.1 Å². The van der Waals surface area contributed by atoms with E-state index in [0.29, 0.717) is 6.04 Å². The van der Waals surface area contributed by atoms with Crippen LogP contribution in [0.15, 0.2) is 18.3 Å². The van der Waals surface area contributed by atoms with Gasteiger partial charge in [0.05, 0.1) is 0 Å². The zero-order valence-electron chi connectivity index (χ0n) is 10.1. The average Bonchev–Trinajstić information content (AvgIpc) is 2.64. The monoisotopic (exact) mass is 220 g/mol. The maximum Gasteiger partial charge on any atom is 0.130 e. The minimum Gasteiger partial charge on any atom is -0.399 e. The second-order valence-corrected chi connectivity index (χ2v) is 4.60. The summed E-state index contributed by atoms with van der Waals surface area (Å²) in [5.41, 5.74) is 6.53. The van der Waals surface area contributed by atoms with E-state index in [1.165, 1.54) is 19.4 Å². The number of nitrogens with two attached hydrogens (primary N) is 1. The molecule has 16 heavy (non-hydrogen) atoms. The van der Waals surface area contributed by atoms with Gasteiger partial charge in [-0.3, -0.25) is 0 Å². The van der Waals surface area contributed by atoms with E-state index in [4.69, 9.17) is 5.73 Å². The number of hydrogen-bond acceptors (Lipinski definition) is 4. The Labute approximate surface area is 97.1 Å². The van der Waals surface area contributed by atoms with Gasteiger partial charge in [0.25, 0.3) is 0 Å². The third-order valence-corrected chi connectivity index (χ3v) is 3.32. The van der Waals surface area contributed by atoms with Crippen LogP contribution in [0.3, 0.4) is 0 Å². The summed E-state index contributed by atoms with van der Waals surface area (Å²) in [6.45, 7) is 2.23. The summed E-state index contributed by atoms with van der Waals surface area (Å²) in [4.78, 5) is 8.94. The highest BCUT2D eigenvalue weighted by Crippen LogP contribution is 2.18. The number of nitrogens with zero attached hydrogens (tertiary/aromatic N) is 3. The number of nitrogen functional groups attached to an aromatic ring is 1. The Morgan fingerprint density at radius 1 is 1.62 bits per heavy atom. The number of hydrogen-bond donors (Lipinski definition) is 1. The summed E-state index contributed by atoms with van der Waals surface area (Å²) >= 11 is 0. The van der Waals surface area contributed by atoms with E-state index < -0.39 is 0 Å². The van der Waals surface area contributed by atoms with Crippen LogP contribution in [-0.2, 0) is 0 Å². The third-order valence-electron chi connectivity index (χ3n) is 3.32. The van der Waals surface area contributed by atoms with Crippen LogP contribution < -0.4 is 10.6 Å². The number of rotatable bonds is 3. The molecule has 0 aromatic carbocycles. The first-order valence-electron chi connectivity index (χ1n) is 5.80. The van der Waals surface area contributed by atoms with Crippen LogP contribution in [0, 0.1) is 0 Å². The van der Waals surface area contributed by atoms with Crippen LogP contribution in [0.25, 0.3) is 0 Å². The highest BCUT2D eigenvalue weighted by molar-refractivity contribution is 5.49. The molecule has 0 amide bonds. The lowest BCUT2D eigenvalue weighted by Gasteiger charge is -2.26. The Kier molecular flexibility index (Phi) is 3.29. The molecular formula is C12H20N4. The molecule has 0 bridgehead atoms. The molecule has 0 saturated carbocycles. The van der Waals surface area contributed by atoms with E-state index >= 15 is 0 Å². The Hall–Kier alpha value is -1.29. The smallest absolute Gasteiger partial charge is 0.130 e. The zero-order chi connectivity index (χ0) is 11.5. The van der Waals surface area contributed by atoms with Crippen LogP contribution in [0.1, 0.15) is 12.8 Å². The van der Waals surface area contributed by atoms with E-state index in [9.17, 15) is 0 Å². The van der Waals surface area contributed by atoms with Gasteiger partial charge in [0.15, 0.2) is 0 Å². The molecule has 1 aromatic heterocycles. The lowest BCUT2D eigenvalue weighted by Crippen LogP contribution is -2.36. The molecule has 0 aliphatic carbocycles. The minimum absolute atomic E-state index is 0.647. The van der Waals surface area contributed by atoms with Crippen LogP contribution in [-0.4, -0.2) is 43.1 Å². The molecule has 1 aliphatic heterocycles. The average molecular weight is 220 g/mol. The van der Waals surface area contributed by atoms with E-state index in [-0.39, 0.29) is 0 Å². The molecule has 1 unspecified atom stereocenters. The first-order valence-corrected chi connectivity index (χ1v) is 5.80. The van der Waals surface area contributed by atoms with Crippen molar-refractivity contribution in [1.82, 2.24) is 9.88 Å². The fraction of sp³-hybridized carbons (Fsp3) is 0.583. The van der Waals surface area contributed by atoms with E-state index in [1.807, 2.05) is 12.1 Å². The number of aromatic nitrogens is 1. The maximum atomic E-state index is 5.75. The maximum absolute atomic E-state index is 5.75. The molecule has 2 rings (SSSR count).